The molecule has 27 heavy (non-hydrogen) atoms. The third-order valence-electron chi connectivity index (χ3n) is 3.97. The van der Waals surface area contributed by atoms with Gasteiger partial charge in [-0.3, -0.25) is 0 Å². The first-order valence-corrected chi connectivity index (χ1v) is 9.36. The zero-order chi connectivity index (χ0) is 19.1. The van der Waals surface area contributed by atoms with Crippen molar-refractivity contribution in [2.24, 2.45) is 0 Å². The van der Waals surface area contributed by atoms with Crippen LogP contribution in [0.2, 0.25) is 0 Å². The summed E-state index contributed by atoms with van der Waals surface area (Å²) in [6.45, 7) is 0.729. The second-order valence-corrected chi connectivity index (χ2v) is 6.96. The fourth-order valence-electron chi connectivity index (χ4n) is 2.57. The first kappa shape index (κ1) is 18.8. The molecule has 0 fully saturated rings. The van der Waals surface area contributed by atoms with Crippen molar-refractivity contribution in [2.45, 2.75) is 12.8 Å². The second-order valence-electron chi connectivity index (χ2n) is 5.79. The maximum absolute atomic E-state index is 10.7. The van der Waals surface area contributed by atoms with Crippen molar-refractivity contribution in [3.8, 4) is 22.3 Å². The number of ether oxygens (including phenoxy) is 2. The van der Waals surface area contributed by atoms with Crippen LogP contribution in [0.3, 0.4) is 0 Å². The first-order valence-electron chi connectivity index (χ1n) is 8.54. The zero-order valence-electron chi connectivity index (χ0n) is 15.3. The molecule has 0 saturated carbocycles. The number of aromatic nitrogens is 2. The van der Waals surface area contributed by atoms with Gasteiger partial charge in [0.05, 0.1) is 24.8 Å². The number of methoxy groups -OCH3 is 2. The molecule has 0 amide bonds. The van der Waals surface area contributed by atoms with E-state index < -0.39 is 0 Å². The largest absolute Gasteiger partial charge is 0.497 e. The maximum Gasteiger partial charge on any atom is 0.318 e. The molecule has 0 spiro atoms. The number of benzene rings is 1. The van der Waals surface area contributed by atoms with Crippen molar-refractivity contribution in [3.05, 3.63) is 52.9 Å². The van der Waals surface area contributed by atoms with Gasteiger partial charge in [0.15, 0.2) is 0 Å². The standard InChI is InChI=1S/C20H21N3O3S/c1-25-15-5-3-14(4-6-15)9-11-21-19-13-17(22-20(23-19)26-2)18-8-7-16(27-18)10-12-24/h3-8,12-13H,9-11H2,1-2H3,(H,21,22,23). The highest BCUT2D eigenvalue weighted by Gasteiger charge is 2.10. The maximum atomic E-state index is 10.7. The number of anilines is 1. The Bertz CT molecular complexity index is 894. The predicted molar refractivity (Wildman–Crippen MR) is 107 cm³/mol. The number of thiophene rings is 1. The lowest BCUT2D eigenvalue weighted by Crippen LogP contribution is -2.07. The summed E-state index contributed by atoms with van der Waals surface area (Å²) in [7, 11) is 3.21. The molecule has 0 bridgehead atoms. The minimum Gasteiger partial charge on any atom is -0.497 e. The van der Waals surface area contributed by atoms with Gasteiger partial charge in [0.2, 0.25) is 0 Å². The van der Waals surface area contributed by atoms with Crippen LogP contribution in [0.4, 0.5) is 5.82 Å². The number of carbonyl (C=O) groups excluding carboxylic acids is 1. The van der Waals surface area contributed by atoms with Crippen LogP contribution in [0, 0.1) is 0 Å². The fraction of sp³-hybridized carbons (Fsp3) is 0.250. The molecule has 6 nitrogen and oxygen atoms in total. The Balaban J connectivity index is 1.69. The molecule has 0 aliphatic carbocycles. The molecule has 0 aliphatic heterocycles. The molecule has 2 heterocycles. The lowest BCUT2D eigenvalue weighted by Gasteiger charge is -2.09. The van der Waals surface area contributed by atoms with Gasteiger partial charge < -0.3 is 19.6 Å². The Morgan fingerprint density at radius 2 is 1.89 bits per heavy atom. The molecule has 0 unspecified atom stereocenters. The van der Waals surface area contributed by atoms with E-state index in [0.717, 1.165) is 40.4 Å². The summed E-state index contributed by atoms with van der Waals surface area (Å²) in [5.41, 5.74) is 1.98. The summed E-state index contributed by atoms with van der Waals surface area (Å²) < 4.78 is 10.4. The molecule has 1 aromatic carbocycles. The molecule has 3 aromatic rings. The van der Waals surface area contributed by atoms with Gasteiger partial charge in [-0.15, -0.1) is 11.3 Å². The van der Waals surface area contributed by atoms with Crippen LogP contribution in [0.25, 0.3) is 10.6 Å². The van der Waals surface area contributed by atoms with Crippen molar-refractivity contribution in [3.63, 3.8) is 0 Å². The van der Waals surface area contributed by atoms with Crippen LogP contribution in [0.15, 0.2) is 42.5 Å². The number of carbonyl (C=O) groups is 1. The SMILES string of the molecule is COc1ccc(CCNc2cc(-c3ccc(CC=O)s3)nc(OC)n2)cc1. The Labute approximate surface area is 162 Å². The Kier molecular flexibility index (Phi) is 6.38. The summed E-state index contributed by atoms with van der Waals surface area (Å²) in [5.74, 6) is 1.55. The van der Waals surface area contributed by atoms with E-state index in [1.54, 1.807) is 25.6 Å². The molecule has 1 N–H and O–H groups in total. The lowest BCUT2D eigenvalue weighted by molar-refractivity contribution is -0.107. The quantitative estimate of drug-likeness (QED) is 0.569. The average Bonchev–Trinajstić information content (AvgIpc) is 3.17. The van der Waals surface area contributed by atoms with Crippen molar-refractivity contribution >= 4 is 23.4 Å². The molecule has 140 valence electrons. The Morgan fingerprint density at radius 1 is 1.07 bits per heavy atom. The highest BCUT2D eigenvalue weighted by Crippen LogP contribution is 2.29. The van der Waals surface area contributed by atoms with Gasteiger partial charge in [0.25, 0.3) is 0 Å². The normalized spacial score (nSPS) is 10.4. The van der Waals surface area contributed by atoms with E-state index in [4.69, 9.17) is 9.47 Å². The lowest BCUT2D eigenvalue weighted by atomic mass is 10.1. The Morgan fingerprint density at radius 3 is 2.59 bits per heavy atom. The molecule has 0 aliphatic rings. The molecule has 3 rings (SSSR count). The molecule has 0 atom stereocenters. The van der Waals surface area contributed by atoms with Gasteiger partial charge in [-0.05, 0) is 36.2 Å². The summed E-state index contributed by atoms with van der Waals surface area (Å²) in [6.07, 6.45) is 2.18. The van der Waals surface area contributed by atoms with Crippen molar-refractivity contribution < 1.29 is 14.3 Å². The minimum absolute atomic E-state index is 0.310. The predicted octanol–water partition coefficient (Wildman–Crippen LogP) is 3.62. The van der Waals surface area contributed by atoms with E-state index >= 15 is 0 Å². The first-order chi connectivity index (χ1) is 13.2. The number of aldehydes is 1. The number of nitrogens with one attached hydrogen (secondary N) is 1. The summed E-state index contributed by atoms with van der Waals surface area (Å²) in [4.78, 5) is 21.5. The van der Waals surface area contributed by atoms with Crippen LogP contribution in [-0.4, -0.2) is 37.0 Å². The van der Waals surface area contributed by atoms with Gasteiger partial charge >= 0.3 is 6.01 Å². The Hall–Kier alpha value is -2.93. The van der Waals surface area contributed by atoms with Crippen LogP contribution in [0.5, 0.6) is 11.8 Å². The summed E-state index contributed by atoms with van der Waals surface area (Å²) in [6, 6.07) is 14.1. The van der Waals surface area contributed by atoms with Gasteiger partial charge in [0.1, 0.15) is 17.9 Å². The van der Waals surface area contributed by atoms with Crippen LogP contribution in [0.1, 0.15) is 10.4 Å². The van der Waals surface area contributed by atoms with Gasteiger partial charge in [-0.1, -0.05) is 12.1 Å². The molecule has 0 radical (unpaired) electrons. The highest BCUT2D eigenvalue weighted by molar-refractivity contribution is 7.15. The number of nitrogens with zero attached hydrogens (tertiary/aromatic N) is 2. The summed E-state index contributed by atoms with van der Waals surface area (Å²) in [5, 5.41) is 3.32. The molecule has 7 heteroatoms. The third-order valence-corrected chi connectivity index (χ3v) is 5.10. The van der Waals surface area contributed by atoms with Crippen LogP contribution < -0.4 is 14.8 Å². The van der Waals surface area contributed by atoms with E-state index in [-0.39, 0.29) is 0 Å². The monoisotopic (exact) mass is 383 g/mol. The van der Waals surface area contributed by atoms with Gasteiger partial charge in [-0.2, -0.15) is 9.97 Å². The topological polar surface area (TPSA) is 73.3 Å². The highest BCUT2D eigenvalue weighted by atomic mass is 32.1. The number of hydrogen-bond acceptors (Lipinski definition) is 7. The molecule has 2 aromatic heterocycles. The molecular weight excluding hydrogens is 362 g/mol. The fourth-order valence-corrected chi connectivity index (χ4v) is 3.48. The van der Waals surface area contributed by atoms with E-state index in [9.17, 15) is 4.79 Å². The van der Waals surface area contributed by atoms with E-state index in [0.29, 0.717) is 18.2 Å². The van der Waals surface area contributed by atoms with Gasteiger partial charge in [0, 0.05) is 23.9 Å². The second kappa shape index (κ2) is 9.14. The van der Waals surface area contributed by atoms with Crippen molar-refractivity contribution in [2.75, 3.05) is 26.1 Å². The third kappa shape index (κ3) is 5.04. The van der Waals surface area contributed by atoms with Crippen molar-refractivity contribution in [1.29, 1.82) is 0 Å². The summed E-state index contributed by atoms with van der Waals surface area (Å²) >= 11 is 1.55. The van der Waals surface area contributed by atoms with E-state index in [1.165, 1.54) is 5.56 Å². The van der Waals surface area contributed by atoms with Crippen LogP contribution >= 0.6 is 11.3 Å². The molecule has 0 saturated heterocycles. The number of rotatable bonds is 9. The van der Waals surface area contributed by atoms with E-state index in [1.807, 2.05) is 42.5 Å². The minimum atomic E-state index is 0.310. The van der Waals surface area contributed by atoms with Gasteiger partial charge in [-0.25, -0.2) is 0 Å². The molecular formula is C20H21N3O3S. The smallest absolute Gasteiger partial charge is 0.318 e. The average molecular weight is 383 g/mol. The van der Waals surface area contributed by atoms with E-state index in [2.05, 4.69) is 15.3 Å². The number of hydrogen-bond donors (Lipinski definition) is 1. The van der Waals surface area contributed by atoms with Crippen molar-refractivity contribution in [1.82, 2.24) is 9.97 Å². The van der Waals surface area contributed by atoms with Crippen LogP contribution in [-0.2, 0) is 17.6 Å². The zero-order valence-corrected chi connectivity index (χ0v) is 16.1.